The number of benzene rings is 4. The molecule has 1 unspecified atom stereocenters. The molecule has 0 saturated heterocycles. The summed E-state index contributed by atoms with van der Waals surface area (Å²) in [6, 6.07) is 18.6. The lowest BCUT2D eigenvalue weighted by atomic mass is 9.87. The molecule has 0 aliphatic carbocycles. The van der Waals surface area contributed by atoms with E-state index in [1.54, 1.807) is 21.3 Å². The van der Waals surface area contributed by atoms with Gasteiger partial charge < -0.3 is 28.4 Å². The van der Waals surface area contributed by atoms with E-state index in [0.29, 0.717) is 59.0 Å². The van der Waals surface area contributed by atoms with Gasteiger partial charge >= 0.3 is 0 Å². The van der Waals surface area contributed by atoms with Crippen LogP contribution in [0, 0.1) is 0 Å². The van der Waals surface area contributed by atoms with E-state index in [9.17, 15) is 0 Å². The standard InChI is InChI=1S/C36H34N2O6/c1-38-14-12-23-18-29(40-3)33-36-32(23)26(38)16-20-5-8-24(9-6-20)42-28-17-21(7-10-27(28)39-2)15-25-31-22(11-13-37-25)19-30(43-33)34(44-36)35(31)41-4/h5-10,17-19,26H,11-16H2,1-4H3. The average molecular weight is 591 g/mol. The first-order valence-electron chi connectivity index (χ1n) is 15.1. The zero-order chi connectivity index (χ0) is 29.9. The van der Waals surface area contributed by atoms with Gasteiger partial charge in [-0.15, -0.1) is 0 Å². The summed E-state index contributed by atoms with van der Waals surface area (Å²) in [5, 5.41) is 0. The van der Waals surface area contributed by atoms with Crippen LogP contribution in [0.4, 0.5) is 0 Å². The van der Waals surface area contributed by atoms with Crippen LogP contribution >= 0.6 is 0 Å². The maximum Gasteiger partial charge on any atom is 0.212 e. The largest absolute Gasteiger partial charge is 0.493 e. The summed E-state index contributed by atoms with van der Waals surface area (Å²) in [4.78, 5) is 7.38. The van der Waals surface area contributed by atoms with Crippen LogP contribution in [-0.2, 0) is 25.7 Å². The fourth-order valence-corrected chi connectivity index (χ4v) is 6.98. The van der Waals surface area contributed by atoms with Crippen molar-refractivity contribution in [3.8, 4) is 51.7 Å². The number of nitrogens with zero attached hydrogens (tertiary/aromatic N) is 2. The average Bonchev–Trinajstić information content (AvgIpc) is 3.04. The molecule has 1 atom stereocenters. The van der Waals surface area contributed by atoms with E-state index in [-0.39, 0.29) is 6.04 Å². The molecule has 8 heteroatoms. The number of rotatable bonds is 3. The number of hydrogen-bond donors (Lipinski definition) is 0. The summed E-state index contributed by atoms with van der Waals surface area (Å²) in [7, 11) is 7.20. The number of methoxy groups -OCH3 is 3. The fraction of sp³-hybridized carbons (Fsp3) is 0.306. The quantitative estimate of drug-likeness (QED) is 0.223. The van der Waals surface area contributed by atoms with Gasteiger partial charge in [-0.1, -0.05) is 18.2 Å². The second-order valence-corrected chi connectivity index (χ2v) is 11.7. The second-order valence-electron chi connectivity index (χ2n) is 11.7. The van der Waals surface area contributed by atoms with E-state index in [0.717, 1.165) is 59.5 Å². The van der Waals surface area contributed by atoms with Crippen molar-refractivity contribution in [2.75, 3.05) is 41.5 Å². The number of ether oxygens (including phenoxy) is 6. The molecule has 44 heavy (non-hydrogen) atoms. The lowest BCUT2D eigenvalue weighted by Gasteiger charge is -2.38. The van der Waals surface area contributed by atoms with E-state index in [4.69, 9.17) is 33.4 Å². The van der Waals surface area contributed by atoms with Gasteiger partial charge in [0.15, 0.2) is 34.5 Å². The topological polar surface area (TPSA) is 71.0 Å². The van der Waals surface area contributed by atoms with Gasteiger partial charge in [-0.25, -0.2) is 0 Å². The van der Waals surface area contributed by atoms with Gasteiger partial charge in [0.2, 0.25) is 11.5 Å². The second kappa shape index (κ2) is 10.5. The van der Waals surface area contributed by atoms with Crippen LogP contribution < -0.4 is 28.4 Å². The molecule has 8 nitrogen and oxygen atoms in total. The first kappa shape index (κ1) is 26.9. The van der Waals surface area contributed by atoms with Crippen molar-refractivity contribution in [2.24, 2.45) is 4.99 Å². The van der Waals surface area contributed by atoms with Crippen molar-refractivity contribution in [3.63, 3.8) is 0 Å². The molecule has 0 fully saturated rings. The Bertz CT molecular complexity index is 1830. The molecule has 0 amide bonds. The molecule has 4 aromatic carbocycles. The van der Waals surface area contributed by atoms with E-state index in [2.05, 4.69) is 42.3 Å². The number of fused-ring (bicyclic) bond motifs is 2. The molecule has 9 rings (SSSR count). The minimum Gasteiger partial charge on any atom is -0.493 e. The highest BCUT2D eigenvalue weighted by Crippen LogP contribution is 2.59. The number of likely N-dealkylation sites (N-methyl/N-ethyl adjacent to an activating group) is 1. The highest BCUT2D eigenvalue weighted by molar-refractivity contribution is 6.07. The monoisotopic (exact) mass is 590 g/mol. The van der Waals surface area contributed by atoms with Crippen LogP contribution in [0.1, 0.15) is 39.4 Å². The Kier molecular flexibility index (Phi) is 6.41. The van der Waals surface area contributed by atoms with Crippen molar-refractivity contribution in [3.05, 3.63) is 88.0 Å². The predicted octanol–water partition coefficient (Wildman–Crippen LogP) is 7.08. The van der Waals surface area contributed by atoms with Gasteiger partial charge in [-0.05, 0) is 85.0 Å². The summed E-state index contributed by atoms with van der Waals surface area (Å²) in [5.74, 6) is 5.89. The highest BCUT2D eigenvalue weighted by Gasteiger charge is 2.38. The maximum absolute atomic E-state index is 6.93. The predicted molar refractivity (Wildman–Crippen MR) is 167 cm³/mol. The Morgan fingerprint density at radius 3 is 2.36 bits per heavy atom. The Labute approximate surface area is 256 Å². The Balaban J connectivity index is 1.36. The fourth-order valence-electron chi connectivity index (χ4n) is 6.98. The Hall–Kier alpha value is -4.69. The van der Waals surface area contributed by atoms with Crippen molar-refractivity contribution >= 4 is 5.71 Å². The van der Waals surface area contributed by atoms with Gasteiger partial charge in [-0.3, -0.25) is 9.89 Å². The molecular formula is C36H34N2O6. The summed E-state index contributed by atoms with van der Waals surface area (Å²) >= 11 is 0. The zero-order valence-corrected chi connectivity index (χ0v) is 25.4. The minimum atomic E-state index is 0.0618. The molecule has 0 radical (unpaired) electrons. The smallest absolute Gasteiger partial charge is 0.212 e. The van der Waals surface area contributed by atoms with Gasteiger partial charge in [-0.2, -0.15) is 0 Å². The first-order valence-corrected chi connectivity index (χ1v) is 15.1. The van der Waals surface area contributed by atoms with Gasteiger partial charge in [0, 0.05) is 36.7 Å². The normalized spacial score (nSPS) is 17.8. The third-order valence-electron chi connectivity index (χ3n) is 9.20. The van der Waals surface area contributed by atoms with Gasteiger partial charge in [0.1, 0.15) is 5.75 Å². The van der Waals surface area contributed by atoms with Crippen LogP contribution in [0.5, 0.6) is 51.7 Å². The van der Waals surface area contributed by atoms with E-state index >= 15 is 0 Å². The molecule has 4 aromatic rings. The number of hydrogen-bond acceptors (Lipinski definition) is 8. The SMILES string of the molecule is COc1ccc2cc1Oc1ccc(cc1)CC1c3c(cc(OC)c4c3Oc3c(cc5c(c3OC)C(=NCC5)C2)O4)CCN1C. The molecule has 5 aliphatic rings. The van der Waals surface area contributed by atoms with E-state index in [1.807, 2.05) is 24.3 Å². The molecule has 0 aromatic heterocycles. The summed E-state index contributed by atoms with van der Waals surface area (Å²) in [6.07, 6.45) is 3.04. The summed E-state index contributed by atoms with van der Waals surface area (Å²) in [5.41, 5.74) is 7.59. The van der Waals surface area contributed by atoms with E-state index in [1.165, 1.54) is 11.1 Å². The third kappa shape index (κ3) is 4.27. The minimum absolute atomic E-state index is 0.0618. The molecule has 0 spiro atoms. The first-order chi connectivity index (χ1) is 21.5. The van der Waals surface area contributed by atoms with Crippen molar-refractivity contribution < 1.29 is 28.4 Å². The van der Waals surface area contributed by atoms with Crippen LogP contribution in [0.2, 0.25) is 0 Å². The molecule has 7 bridgehead atoms. The molecular weight excluding hydrogens is 556 g/mol. The molecule has 5 heterocycles. The van der Waals surface area contributed by atoms with Crippen molar-refractivity contribution in [1.82, 2.24) is 4.90 Å². The van der Waals surface area contributed by atoms with Crippen LogP contribution in [0.15, 0.2) is 59.6 Å². The van der Waals surface area contributed by atoms with Crippen LogP contribution in [0.25, 0.3) is 0 Å². The molecule has 5 aliphatic heterocycles. The van der Waals surface area contributed by atoms with Gasteiger partial charge in [0.25, 0.3) is 0 Å². The number of aliphatic imine (C=N–C) groups is 1. The van der Waals surface area contributed by atoms with Crippen LogP contribution in [0.3, 0.4) is 0 Å². The summed E-state index contributed by atoms with van der Waals surface area (Å²) in [6.45, 7) is 1.60. The summed E-state index contributed by atoms with van der Waals surface area (Å²) < 4.78 is 37.7. The molecule has 0 N–H and O–H groups in total. The lowest BCUT2D eigenvalue weighted by molar-refractivity contribution is 0.219. The zero-order valence-electron chi connectivity index (χ0n) is 25.4. The lowest BCUT2D eigenvalue weighted by Crippen LogP contribution is -2.34. The molecule has 224 valence electrons. The Morgan fingerprint density at radius 2 is 1.57 bits per heavy atom. The third-order valence-corrected chi connectivity index (χ3v) is 9.20. The van der Waals surface area contributed by atoms with Crippen molar-refractivity contribution in [2.45, 2.75) is 31.7 Å². The highest BCUT2D eigenvalue weighted by atomic mass is 16.6. The van der Waals surface area contributed by atoms with E-state index < -0.39 is 0 Å². The van der Waals surface area contributed by atoms with Gasteiger partial charge in [0.05, 0.1) is 27.0 Å². The maximum atomic E-state index is 6.93. The van der Waals surface area contributed by atoms with Crippen molar-refractivity contribution in [1.29, 1.82) is 0 Å². The molecule has 0 saturated carbocycles. The Morgan fingerprint density at radius 1 is 0.750 bits per heavy atom. The van der Waals surface area contributed by atoms with Crippen LogP contribution in [-0.4, -0.2) is 52.1 Å².